The predicted octanol–water partition coefficient (Wildman–Crippen LogP) is 2.82. The van der Waals surface area contributed by atoms with Crippen molar-refractivity contribution in [2.75, 3.05) is 18.0 Å². The van der Waals surface area contributed by atoms with E-state index >= 15 is 0 Å². The summed E-state index contributed by atoms with van der Waals surface area (Å²) in [6.07, 6.45) is 7.97. The number of hydrogen-bond donors (Lipinski definition) is 0. The van der Waals surface area contributed by atoms with E-state index in [9.17, 15) is 0 Å². The van der Waals surface area contributed by atoms with Gasteiger partial charge in [0.2, 0.25) is 0 Å². The first-order chi connectivity index (χ1) is 10.8. The molecule has 1 saturated heterocycles. The average Bonchev–Trinajstić information content (AvgIpc) is 3.03. The Morgan fingerprint density at radius 3 is 3.05 bits per heavy atom. The molecule has 112 valence electrons. The molecule has 0 saturated carbocycles. The highest BCUT2D eigenvalue weighted by atomic mass is 15.2. The molecule has 1 fully saturated rings. The van der Waals surface area contributed by atoms with Crippen molar-refractivity contribution in [1.82, 2.24) is 19.4 Å². The molecule has 1 aliphatic heterocycles. The van der Waals surface area contributed by atoms with Crippen LogP contribution in [0.25, 0.3) is 5.65 Å². The van der Waals surface area contributed by atoms with Gasteiger partial charge >= 0.3 is 0 Å². The maximum Gasteiger partial charge on any atom is 0.136 e. The second kappa shape index (κ2) is 5.40. The molecule has 3 aromatic heterocycles. The van der Waals surface area contributed by atoms with Crippen molar-refractivity contribution in [2.24, 2.45) is 0 Å². The highest BCUT2D eigenvalue weighted by Crippen LogP contribution is 2.29. The van der Waals surface area contributed by atoms with Crippen LogP contribution in [0.2, 0.25) is 0 Å². The first-order valence-electron chi connectivity index (χ1n) is 7.77. The van der Waals surface area contributed by atoms with Crippen molar-refractivity contribution in [3.63, 3.8) is 0 Å². The maximum atomic E-state index is 4.44. The third kappa shape index (κ3) is 2.32. The van der Waals surface area contributed by atoms with Crippen LogP contribution in [0.4, 0.5) is 5.82 Å². The zero-order valence-corrected chi connectivity index (χ0v) is 12.7. The van der Waals surface area contributed by atoms with Crippen LogP contribution in [0.15, 0.2) is 43.0 Å². The standard InChI is InChI=1S/C17H19N5/c1-13-10-17(20-12-19-13)21-8-3-4-14(11-21)15-5-2-6-16-18-7-9-22(15)16/h2,5-7,9-10,12,14H,3-4,8,11H2,1H3. The zero-order valence-electron chi connectivity index (χ0n) is 12.7. The van der Waals surface area contributed by atoms with Crippen molar-refractivity contribution in [1.29, 1.82) is 0 Å². The molecular formula is C17H19N5. The van der Waals surface area contributed by atoms with Gasteiger partial charge in [-0.3, -0.25) is 0 Å². The number of fused-ring (bicyclic) bond motifs is 1. The predicted molar refractivity (Wildman–Crippen MR) is 86.1 cm³/mol. The van der Waals surface area contributed by atoms with Crippen LogP contribution in [-0.2, 0) is 0 Å². The van der Waals surface area contributed by atoms with Gasteiger partial charge in [-0.25, -0.2) is 15.0 Å². The summed E-state index contributed by atoms with van der Waals surface area (Å²) in [6, 6.07) is 8.44. The highest BCUT2D eigenvalue weighted by molar-refractivity contribution is 5.43. The second-order valence-corrected chi connectivity index (χ2v) is 5.91. The van der Waals surface area contributed by atoms with Crippen molar-refractivity contribution >= 4 is 11.5 Å². The number of nitrogens with zero attached hydrogens (tertiary/aromatic N) is 5. The van der Waals surface area contributed by atoms with Gasteiger partial charge in [0, 0.05) is 48.9 Å². The normalized spacial score (nSPS) is 18.8. The second-order valence-electron chi connectivity index (χ2n) is 5.91. The Bertz CT molecular complexity index is 794. The Kier molecular flexibility index (Phi) is 3.25. The van der Waals surface area contributed by atoms with E-state index in [1.165, 1.54) is 18.5 Å². The minimum atomic E-state index is 0.502. The van der Waals surface area contributed by atoms with E-state index in [2.05, 4.69) is 54.7 Å². The Labute approximate surface area is 129 Å². The first kappa shape index (κ1) is 13.2. The monoisotopic (exact) mass is 293 g/mol. The molecule has 0 aromatic carbocycles. The summed E-state index contributed by atoms with van der Waals surface area (Å²) in [5, 5.41) is 0. The van der Waals surface area contributed by atoms with E-state index in [0.29, 0.717) is 5.92 Å². The molecule has 4 rings (SSSR count). The fraction of sp³-hybridized carbons (Fsp3) is 0.353. The quantitative estimate of drug-likeness (QED) is 0.729. The Morgan fingerprint density at radius 2 is 2.14 bits per heavy atom. The lowest BCUT2D eigenvalue weighted by atomic mass is 9.94. The average molecular weight is 293 g/mol. The van der Waals surface area contributed by atoms with Gasteiger partial charge in [-0.2, -0.15) is 0 Å². The van der Waals surface area contributed by atoms with E-state index in [-0.39, 0.29) is 0 Å². The van der Waals surface area contributed by atoms with Crippen molar-refractivity contribution in [3.8, 4) is 0 Å². The van der Waals surface area contributed by atoms with Crippen LogP contribution in [-0.4, -0.2) is 32.4 Å². The van der Waals surface area contributed by atoms with Crippen molar-refractivity contribution in [3.05, 3.63) is 54.4 Å². The summed E-state index contributed by atoms with van der Waals surface area (Å²) in [5.74, 6) is 1.54. The number of rotatable bonds is 2. The molecule has 22 heavy (non-hydrogen) atoms. The third-order valence-electron chi connectivity index (χ3n) is 4.41. The lowest BCUT2D eigenvalue weighted by Gasteiger charge is -2.34. The number of imidazole rings is 1. The molecule has 1 atom stereocenters. The number of piperidine rings is 1. The van der Waals surface area contributed by atoms with Crippen molar-refractivity contribution < 1.29 is 0 Å². The van der Waals surface area contributed by atoms with E-state index in [1.54, 1.807) is 6.33 Å². The molecule has 0 bridgehead atoms. The molecule has 5 heteroatoms. The number of anilines is 1. The van der Waals surface area contributed by atoms with E-state index in [4.69, 9.17) is 0 Å². The summed E-state index contributed by atoms with van der Waals surface area (Å²) in [5.41, 5.74) is 3.38. The van der Waals surface area contributed by atoms with Gasteiger partial charge in [0.15, 0.2) is 0 Å². The van der Waals surface area contributed by atoms with E-state index in [1.807, 2.05) is 13.1 Å². The lowest BCUT2D eigenvalue weighted by Crippen LogP contribution is -2.35. The SMILES string of the molecule is Cc1cc(N2CCCC(c3cccc4nccn34)C2)ncn1. The molecule has 5 nitrogen and oxygen atoms in total. The van der Waals surface area contributed by atoms with E-state index in [0.717, 1.165) is 30.2 Å². The zero-order chi connectivity index (χ0) is 14.9. The molecule has 0 radical (unpaired) electrons. The van der Waals surface area contributed by atoms with Crippen LogP contribution in [0.5, 0.6) is 0 Å². The lowest BCUT2D eigenvalue weighted by molar-refractivity contribution is 0.495. The van der Waals surface area contributed by atoms with Crippen LogP contribution in [0, 0.1) is 6.92 Å². The molecule has 3 aromatic rings. The molecule has 0 aliphatic carbocycles. The smallest absolute Gasteiger partial charge is 0.136 e. The number of pyridine rings is 1. The minimum absolute atomic E-state index is 0.502. The van der Waals surface area contributed by atoms with Gasteiger partial charge in [-0.15, -0.1) is 0 Å². The maximum absolute atomic E-state index is 4.44. The largest absolute Gasteiger partial charge is 0.356 e. The fourth-order valence-corrected chi connectivity index (χ4v) is 3.34. The first-order valence-corrected chi connectivity index (χ1v) is 7.77. The molecule has 1 unspecified atom stereocenters. The summed E-state index contributed by atoms with van der Waals surface area (Å²) in [7, 11) is 0. The van der Waals surface area contributed by atoms with Gasteiger partial charge in [0.05, 0.1) is 0 Å². The van der Waals surface area contributed by atoms with Crippen LogP contribution < -0.4 is 4.90 Å². The number of hydrogen-bond acceptors (Lipinski definition) is 4. The van der Waals surface area contributed by atoms with Crippen LogP contribution in [0.1, 0.15) is 30.1 Å². The minimum Gasteiger partial charge on any atom is -0.356 e. The van der Waals surface area contributed by atoms with Gasteiger partial charge < -0.3 is 9.30 Å². The molecular weight excluding hydrogens is 274 g/mol. The summed E-state index contributed by atoms with van der Waals surface area (Å²) >= 11 is 0. The van der Waals surface area contributed by atoms with Gasteiger partial charge in [-0.05, 0) is 31.9 Å². The van der Waals surface area contributed by atoms with Crippen LogP contribution in [0.3, 0.4) is 0 Å². The summed E-state index contributed by atoms with van der Waals surface area (Å²) in [6.45, 7) is 4.07. The van der Waals surface area contributed by atoms with Crippen LogP contribution >= 0.6 is 0 Å². The Hall–Kier alpha value is -2.43. The topological polar surface area (TPSA) is 46.3 Å². The van der Waals surface area contributed by atoms with Gasteiger partial charge in [0.25, 0.3) is 0 Å². The third-order valence-corrected chi connectivity index (χ3v) is 4.41. The fourth-order valence-electron chi connectivity index (χ4n) is 3.34. The highest BCUT2D eigenvalue weighted by Gasteiger charge is 2.24. The molecule has 4 heterocycles. The Balaban J connectivity index is 1.65. The van der Waals surface area contributed by atoms with Gasteiger partial charge in [-0.1, -0.05) is 6.07 Å². The molecule has 0 N–H and O–H groups in total. The number of aromatic nitrogens is 4. The van der Waals surface area contributed by atoms with Gasteiger partial charge in [0.1, 0.15) is 17.8 Å². The van der Waals surface area contributed by atoms with E-state index < -0.39 is 0 Å². The van der Waals surface area contributed by atoms with Crippen molar-refractivity contribution in [2.45, 2.75) is 25.7 Å². The summed E-state index contributed by atoms with van der Waals surface area (Å²) < 4.78 is 2.21. The Morgan fingerprint density at radius 1 is 1.18 bits per heavy atom. The number of aryl methyl sites for hydroxylation is 1. The molecule has 0 spiro atoms. The summed E-state index contributed by atoms with van der Waals surface area (Å²) in [4.78, 5) is 15.4. The molecule has 0 amide bonds. The molecule has 1 aliphatic rings.